The number of aromatic nitrogens is 3. The minimum Gasteiger partial charge on any atom is -0.406 e. The van der Waals surface area contributed by atoms with Gasteiger partial charge in [0, 0.05) is 23.5 Å². The number of hydrogen-bond acceptors (Lipinski definition) is 5. The van der Waals surface area contributed by atoms with Gasteiger partial charge in [-0.2, -0.15) is 4.99 Å². The number of anilines is 1. The molecule has 0 aliphatic carbocycles. The van der Waals surface area contributed by atoms with Crippen LogP contribution in [0.3, 0.4) is 0 Å². The second-order valence-electron chi connectivity index (χ2n) is 9.46. The van der Waals surface area contributed by atoms with E-state index in [0.29, 0.717) is 27.8 Å². The number of nitrogens with zero attached hydrogens (tertiary/aromatic N) is 5. The lowest BCUT2D eigenvalue weighted by Gasteiger charge is -2.22. The molecular weight excluding hydrogens is 572 g/mol. The summed E-state index contributed by atoms with van der Waals surface area (Å²) in [5.41, 5.74) is 4.67. The summed E-state index contributed by atoms with van der Waals surface area (Å²) in [6.45, 7) is 4.52. The summed E-state index contributed by atoms with van der Waals surface area (Å²) in [5.74, 6) is 0.802. The molecule has 1 saturated heterocycles. The van der Waals surface area contributed by atoms with E-state index in [9.17, 15) is 22.4 Å². The number of aliphatic imine (C=N–C) groups is 1. The average Bonchev–Trinajstić information content (AvgIpc) is 3.62. The molecule has 1 unspecified atom stereocenters. The summed E-state index contributed by atoms with van der Waals surface area (Å²) in [4.78, 5) is 23.0. The monoisotopic (exact) mass is 598 g/mol. The fraction of sp³-hybridized carbons (Fsp3) is 0.241. The van der Waals surface area contributed by atoms with Crippen LogP contribution in [0.1, 0.15) is 22.9 Å². The number of carbonyl (C=O) groups excluding carboxylic acids is 1. The van der Waals surface area contributed by atoms with Gasteiger partial charge in [-0.3, -0.25) is 0 Å². The van der Waals surface area contributed by atoms with Crippen LogP contribution < -0.4 is 15.0 Å². The molecule has 8 nitrogen and oxygen atoms in total. The highest BCUT2D eigenvalue weighted by Crippen LogP contribution is 2.31. The first-order chi connectivity index (χ1) is 20.1. The minimum atomic E-state index is -4.77. The molecule has 2 heterocycles. The van der Waals surface area contributed by atoms with Crippen LogP contribution in [0.2, 0.25) is 0 Å². The number of carbonyl (C=O) groups is 1. The van der Waals surface area contributed by atoms with E-state index < -0.39 is 18.6 Å². The second-order valence-corrected chi connectivity index (χ2v) is 10.5. The van der Waals surface area contributed by atoms with Crippen molar-refractivity contribution >= 4 is 28.6 Å². The van der Waals surface area contributed by atoms with Crippen LogP contribution in [0.15, 0.2) is 78.0 Å². The van der Waals surface area contributed by atoms with E-state index in [1.165, 1.54) is 47.0 Å². The van der Waals surface area contributed by atoms with Crippen molar-refractivity contribution < 1.29 is 27.1 Å². The predicted molar refractivity (Wildman–Crippen MR) is 154 cm³/mol. The lowest BCUT2D eigenvalue weighted by molar-refractivity contribution is -0.274. The number of amides is 2. The Morgan fingerprint density at radius 3 is 2.43 bits per heavy atom. The van der Waals surface area contributed by atoms with E-state index in [0.717, 1.165) is 29.1 Å². The quantitative estimate of drug-likeness (QED) is 0.236. The Bertz CT molecular complexity index is 1570. The number of hydrogen-bond donors (Lipinski definition) is 1. The molecule has 0 saturated carbocycles. The number of rotatable bonds is 7. The third kappa shape index (κ3) is 6.90. The smallest absolute Gasteiger partial charge is 0.406 e. The first kappa shape index (κ1) is 29.1. The zero-order chi connectivity index (χ0) is 29.9. The zero-order valence-electron chi connectivity index (χ0n) is 22.6. The number of nitrogens with one attached hydrogen (secondary N) is 1. The number of amidine groups is 1. The van der Waals surface area contributed by atoms with Crippen LogP contribution in [-0.4, -0.2) is 51.2 Å². The molecule has 0 spiro atoms. The van der Waals surface area contributed by atoms with E-state index in [1.54, 1.807) is 24.3 Å². The number of alkyl halides is 4. The molecule has 0 radical (unpaired) electrons. The summed E-state index contributed by atoms with van der Waals surface area (Å²) in [7, 11) is 0. The molecule has 5 rings (SSSR count). The number of benzene rings is 3. The van der Waals surface area contributed by atoms with Gasteiger partial charge in [0.25, 0.3) is 0 Å². The Morgan fingerprint density at radius 2 is 1.76 bits per heavy atom. The molecule has 4 aromatic rings. The molecule has 1 aliphatic rings. The van der Waals surface area contributed by atoms with Crippen molar-refractivity contribution in [3.05, 3.63) is 89.7 Å². The topological polar surface area (TPSA) is 84.6 Å². The standard InChI is InChI=1S/C29H26F4N6O2S/c1-18-4-3-5-19(2)25(18)38-14-15-42-28(38)36-27(40)34-16-24(30)20-6-8-21(9-7-20)26-35-17-39(37-26)22-10-12-23(13-11-22)41-29(31,32)33/h3-13,17,24H,14-16H2,1-2H3,(H,34,40). The summed E-state index contributed by atoms with van der Waals surface area (Å²) in [5, 5.41) is 7.49. The van der Waals surface area contributed by atoms with Gasteiger partial charge in [-0.05, 0) is 54.8 Å². The van der Waals surface area contributed by atoms with E-state index >= 15 is 0 Å². The average molecular weight is 599 g/mol. The molecule has 0 bridgehead atoms. The number of urea groups is 1. The van der Waals surface area contributed by atoms with Crippen LogP contribution in [0, 0.1) is 13.8 Å². The Kier molecular flexibility index (Phi) is 8.48. The van der Waals surface area contributed by atoms with Crippen molar-refractivity contribution in [1.82, 2.24) is 20.1 Å². The van der Waals surface area contributed by atoms with Crippen LogP contribution in [0.4, 0.5) is 28.0 Å². The molecule has 1 aromatic heterocycles. The van der Waals surface area contributed by atoms with Gasteiger partial charge < -0.3 is 15.0 Å². The van der Waals surface area contributed by atoms with Crippen LogP contribution in [0.5, 0.6) is 5.75 Å². The van der Waals surface area contributed by atoms with E-state index in [4.69, 9.17) is 0 Å². The Morgan fingerprint density at radius 1 is 1.07 bits per heavy atom. The first-order valence-electron chi connectivity index (χ1n) is 12.9. The maximum Gasteiger partial charge on any atom is 0.573 e. The lowest BCUT2D eigenvalue weighted by Crippen LogP contribution is -2.29. The van der Waals surface area contributed by atoms with Crippen molar-refractivity contribution in [2.24, 2.45) is 4.99 Å². The molecule has 1 fully saturated rings. The highest BCUT2D eigenvalue weighted by atomic mass is 32.2. The van der Waals surface area contributed by atoms with Gasteiger partial charge in [0.15, 0.2) is 11.0 Å². The molecule has 2 amide bonds. The predicted octanol–water partition coefficient (Wildman–Crippen LogP) is 6.78. The third-order valence-corrected chi connectivity index (χ3v) is 7.43. The highest BCUT2D eigenvalue weighted by molar-refractivity contribution is 8.14. The summed E-state index contributed by atoms with van der Waals surface area (Å²) in [6, 6.07) is 17.1. The maximum absolute atomic E-state index is 15.0. The normalized spacial score (nSPS) is 15.2. The Hall–Kier alpha value is -4.39. The van der Waals surface area contributed by atoms with Gasteiger partial charge in [-0.1, -0.05) is 54.2 Å². The van der Waals surface area contributed by atoms with Gasteiger partial charge >= 0.3 is 12.4 Å². The zero-order valence-corrected chi connectivity index (χ0v) is 23.4. The maximum atomic E-state index is 15.0. The van der Waals surface area contributed by atoms with Gasteiger partial charge in [0.2, 0.25) is 0 Å². The minimum absolute atomic E-state index is 0.246. The highest BCUT2D eigenvalue weighted by Gasteiger charge is 2.31. The van der Waals surface area contributed by atoms with Crippen molar-refractivity contribution in [2.45, 2.75) is 26.4 Å². The Balaban J connectivity index is 1.18. The molecule has 218 valence electrons. The van der Waals surface area contributed by atoms with Gasteiger partial charge in [-0.25, -0.2) is 18.9 Å². The Labute approximate surface area is 243 Å². The molecule has 3 aromatic carbocycles. The van der Waals surface area contributed by atoms with Crippen molar-refractivity contribution in [3.63, 3.8) is 0 Å². The molecule has 42 heavy (non-hydrogen) atoms. The van der Waals surface area contributed by atoms with E-state index in [-0.39, 0.29) is 12.3 Å². The largest absolute Gasteiger partial charge is 0.573 e. The summed E-state index contributed by atoms with van der Waals surface area (Å²) in [6.07, 6.45) is -4.82. The van der Waals surface area contributed by atoms with Gasteiger partial charge in [0.1, 0.15) is 18.2 Å². The first-order valence-corrected chi connectivity index (χ1v) is 13.9. The van der Waals surface area contributed by atoms with Crippen LogP contribution in [0.25, 0.3) is 17.1 Å². The number of para-hydroxylation sites is 1. The van der Waals surface area contributed by atoms with Crippen molar-refractivity contribution in [1.29, 1.82) is 0 Å². The fourth-order valence-electron chi connectivity index (χ4n) is 4.52. The SMILES string of the molecule is Cc1cccc(C)c1N1CCSC1=NC(=O)NCC(F)c1ccc(-c2ncn(-c3ccc(OC(F)(F)F)cc3)n2)cc1. The number of thioether (sulfide) groups is 1. The molecular formula is C29H26F4N6O2S. The molecule has 13 heteroatoms. The van der Waals surface area contributed by atoms with Crippen LogP contribution in [-0.2, 0) is 0 Å². The van der Waals surface area contributed by atoms with Gasteiger partial charge in [-0.15, -0.1) is 18.3 Å². The van der Waals surface area contributed by atoms with E-state index in [2.05, 4.69) is 25.1 Å². The number of halogens is 4. The third-order valence-electron chi connectivity index (χ3n) is 6.47. The summed E-state index contributed by atoms with van der Waals surface area (Å²) < 4.78 is 57.4. The summed E-state index contributed by atoms with van der Waals surface area (Å²) >= 11 is 1.49. The van der Waals surface area contributed by atoms with Crippen molar-refractivity contribution in [2.75, 3.05) is 23.7 Å². The lowest BCUT2D eigenvalue weighted by atomic mass is 10.1. The number of aryl methyl sites for hydroxylation is 2. The van der Waals surface area contributed by atoms with Crippen molar-refractivity contribution in [3.8, 4) is 22.8 Å². The van der Waals surface area contributed by atoms with E-state index in [1.807, 2.05) is 36.9 Å². The molecule has 1 N–H and O–H groups in total. The van der Waals surface area contributed by atoms with Crippen LogP contribution >= 0.6 is 11.8 Å². The molecule has 1 aliphatic heterocycles. The number of ether oxygens (including phenoxy) is 1. The molecule has 1 atom stereocenters. The van der Waals surface area contributed by atoms with Gasteiger partial charge in [0.05, 0.1) is 12.2 Å². The fourth-order valence-corrected chi connectivity index (χ4v) is 5.46. The second kappa shape index (κ2) is 12.2.